The number of hydrogen-bond acceptors (Lipinski definition) is 6. The number of rotatable bonds is 5. The van der Waals surface area contributed by atoms with Crippen LogP contribution in [-0.4, -0.2) is 45.7 Å². The van der Waals surface area contributed by atoms with Gasteiger partial charge in [0.05, 0.1) is 24.6 Å². The lowest BCUT2D eigenvalue weighted by molar-refractivity contribution is -0.119. The van der Waals surface area contributed by atoms with E-state index in [4.69, 9.17) is 9.47 Å². The van der Waals surface area contributed by atoms with E-state index in [0.29, 0.717) is 35.8 Å². The Kier molecular flexibility index (Phi) is 4.31. The number of carbonyl (C=O) groups is 1. The predicted molar refractivity (Wildman–Crippen MR) is 98.7 cm³/mol. The van der Waals surface area contributed by atoms with Crippen molar-refractivity contribution in [2.45, 2.75) is 19.4 Å². The van der Waals surface area contributed by atoms with Crippen molar-refractivity contribution in [2.24, 2.45) is 5.92 Å². The van der Waals surface area contributed by atoms with Crippen LogP contribution in [0.5, 0.6) is 17.4 Å². The number of methoxy groups -OCH3 is 1. The molecule has 27 heavy (non-hydrogen) atoms. The summed E-state index contributed by atoms with van der Waals surface area (Å²) >= 11 is 0. The van der Waals surface area contributed by atoms with Crippen molar-refractivity contribution in [3.05, 3.63) is 30.6 Å². The summed E-state index contributed by atoms with van der Waals surface area (Å²) < 4.78 is 11.2. The van der Waals surface area contributed by atoms with Crippen LogP contribution in [0.15, 0.2) is 30.6 Å². The minimum atomic E-state index is -0.198. The van der Waals surface area contributed by atoms with Crippen LogP contribution in [0.4, 0.5) is 0 Å². The van der Waals surface area contributed by atoms with E-state index in [0.717, 1.165) is 11.1 Å². The number of phenolic OH excluding ortho intramolecular Hbond substituents is 1. The van der Waals surface area contributed by atoms with Crippen molar-refractivity contribution in [3.63, 3.8) is 0 Å². The zero-order valence-corrected chi connectivity index (χ0v) is 15.0. The third-order valence-corrected chi connectivity index (χ3v) is 4.82. The average Bonchev–Trinajstić information content (AvgIpc) is 3.30. The van der Waals surface area contributed by atoms with Gasteiger partial charge in [-0.3, -0.25) is 4.79 Å². The summed E-state index contributed by atoms with van der Waals surface area (Å²) in [5, 5.41) is 12.9. The molecular weight excluding hydrogens is 348 g/mol. The minimum absolute atomic E-state index is 0.0351. The molecule has 2 aromatic heterocycles. The fraction of sp³-hybridized carbons (Fsp3) is 0.316. The molecule has 0 bridgehead atoms. The number of nitrogens with zero attached hydrogens (tertiary/aromatic N) is 2. The third kappa shape index (κ3) is 3.25. The lowest BCUT2D eigenvalue weighted by Crippen LogP contribution is -2.26. The number of aromatic amines is 1. The van der Waals surface area contributed by atoms with Crippen LogP contribution >= 0.6 is 0 Å². The largest absolute Gasteiger partial charge is 0.504 e. The summed E-state index contributed by atoms with van der Waals surface area (Å²) in [7, 11) is 1.50. The van der Waals surface area contributed by atoms with Crippen molar-refractivity contribution < 1.29 is 19.4 Å². The number of nitrogens with one attached hydrogen (secondary N) is 2. The smallest absolute Gasteiger partial charge is 0.243 e. The first kappa shape index (κ1) is 17.1. The van der Waals surface area contributed by atoms with E-state index >= 15 is 0 Å². The number of benzene rings is 1. The molecule has 1 aromatic carbocycles. The van der Waals surface area contributed by atoms with Crippen molar-refractivity contribution in [1.82, 2.24) is 20.3 Å². The molecule has 140 valence electrons. The molecule has 3 heterocycles. The maximum Gasteiger partial charge on any atom is 0.243 e. The van der Waals surface area contributed by atoms with E-state index in [2.05, 4.69) is 20.3 Å². The van der Waals surface area contributed by atoms with E-state index < -0.39 is 0 Å². The number of H-pyrrole nitrogens is 1. The Morgan fingerprint density at radius 2 is 2.19 bits per heavy atom. The molecule has 1 saturated heterocycles. The molecule has 0 radical (unpaired) electrons. The zero-order valence-electron chi connectivity index (χ0n) is 15.0. The number of fused-ring (bicyclic) bond motifs is 1. The Morgan fingerprint density at radius 1 is 1.33 bits per heavy atom. The summed E-state index contributed by atoms with van der Waals surface area (Å²) in [5.74, 6) is 0.946. The van der Waals surface area contributed by atoms with Gasteiger partial charge in [-0.1, -0.05) is 0 Å². The molecule has 1 amide bonds. The van der Waals surface area contributed by atoms with E-state index in [9.17, 15) is 9.90 Å². The monoisotopic (exact) mass is 368 g/mol. The highest BCUT2D eigenvalue weighted by Crippen LogP contribution is 2.33. The number of carbonyl (C=O) groups excluding carboxylic acids is 1. The summed E-state index contributed by atoms with van der Waals surface area (Å²) in [6.07, 6.45) is 1.83. The SMILES string of the molecule is COc1ccc(-c2cc3[nH]cnc3c(O[C@H](C)[C@H]3CNC(=O)C3)n2)cc1O. The quantitative estimate of drug-likeness (QED) is 0.637. The molecule has 0 spiro atoms. The minimum Gasteiger partial charge on any atom is -0.504 e. The normalized spacial score (nSPS) is 17.7. The molecule has 3 N–H and O–H groups in total. The highest BCUT2D eigenvalue weighted by molar-refractivity contribution is 5.84. The molecule has 8 heteroatoms. The summed E-state index contributed by atoms with van der Waals surface area (Å²) in [4.78, 5) is 23.4. The first-order chi connectivity index (χ1) is 13.0. The molecule has 1 fully saturated rings. The number of hydrogen-bond donors (Lipinski definition) is 3. The summed E-state index contributed by atoms with van der Waals surface area (Å²) in [6, 6.07) is 6.94. The van der Waals surface area contributed by atoms with Gasteiger partial charge in [-0.25, -0.2) is 9.97 Å². The van der Waals surface area contributed by atoms with E-state index in [1.165, 1.54) is 7.11 Å². The molecule has 4 rings (SSSR count). The molecule has 8 nitrogen and oxygen atoms in total. The number of ether oxygens (including phenoxy) is 2. The van der Waals surface area contributed by atoms with Crippen LogP contribution in [0.1, 0.15) is 13.3 Å². The lowest BCUT2D eigenvalue weighted by atomic mass is 10.0. The molecule has 0 saturated carbocycles. The van der Waals surface area contributed by atoms with Gasteiger partial charge in [-0.15, -0.1) is 0 Å². The second-order valence-electron chi connectivity index (χ2n) is 6.59. The van der Waals surface area contributed by atoms with Gasteiger partial charge in [-0.2, -0.15) is 0 Å². The third-order valence-electron chi connectivity index (χ3n) is 4.82. The van der Waals surface area contributed by atoms with E-state index in [1.807, 2.05) is 19.1 Å². The fourth-order valence-corrected chi connectivity index (χ4v) is 3.23. The second kappa shape index (κ2) is 6.79. The van der Waals surface area contributed by atoms with E-state index in [1.54, 1.807) is 18.5 Å². The van der Waals surface area contributed by atoms with Crippen LogP contribution in [0.3, 0.4) is 0 Å². The van der Waals surface area contributed by atoms with Crippen LogP contribution < -0.4 is 14.8 Å². The molecule has 3 aromatic rings. The Morgan fingerprint density at radius 3 is 2.89 bits per heavy atom. The predicted octanol–water partition coefficient (Wildman–Crippen LogP) is 2.24. The van der Waals surface area contributed by atoms with Gasteiger partial charge in [0.2, 0.25) is 11.8 Å². The zero-order chi connectivity index (χ0) is 19.0. The van der Waals surface area contributed by atoms with Crippen LogP contribution in [0.2, 0.25) is 0 Å². The topological polar surface area (TPSA) is 109 Å². The fourth-order valence-electron chi connectivity index (χ4n) is 3.23. The molecule has 2 atom stereocenters. The maximum absolute atomic E-state index is 11.5. The van der Waals surface area contributed by atoms with Crippen LogP contribution in [0.25, 0.3) is 22.3 Å². The Labute approximate surface area is 155 Å². The van der Waals surface area contributed by atoms with Crippen molar-refractivity contribution in [1.29, 1.82) is 0 Å². The molecule has 0 unspecified atom stereocenters. The van der Waals surface area contributed by atoms with Gasteiger partial charge in [0.25, 0.3) is 0 Å². The lowest BCUT2D eigenvalue weighted by Gasteiger charge is -2.19. The van der Waals surface area contributed by atoms with Gasteiger partial charge in [0.1, 0.15) is 6.10 Å². The second-order valence-corrected chi connectivity index (χ2v) is 6.59. The van der Waals surface area contributed by atoms with Crippen molar-refractivity contribution in [2.75, 3.05) is 13.7 Å². The van der Waals surface area contributed by atoms with Gasteiger partial charge >= 0.3 is 0 Å². The maximum atomic E-state index is 11.5. The Hall–Kier alpha value is -3.29. The number of aromatic nitrogens is 3. The molecule has 1 aliphatic heterocycles. The number of phenols is 1. The highest BCUT2D eigenvalue weighted by Gasteiger charge is 2.29. The summed E-state index contributed by atoms with van der Waals surface area (Å²) in [5.41, 5.74) is 2.76. The standard InChI is InChI=1S/C19H20N4O4/c1-10(12-6-17(25)20-8-12)27-19-18-14(21-9-22-18)7-13(23-19)11-3-4-16(26-2)15(24)5-11/h3-5,7,9-10,12,24H,6,8H2,1-2H3,(H,20,25)(H,21,22)/t10-,12-/m1/s1. The molecule has 0 aliphatic carbocycles. The first-order valence-electron chi connectivity index (χ1n) is 8.70. The molecular formula is C19H20N4O4. The summed E-state index contributed by atoms with van der Waals surface area (Å²) in [6.45, 7) is 2.52. The first-order valence-corrected chi connectivity index (χ1v) is 8.70. The van der Waals surface area contributed by atoms with Crippen molar-refractivity contribution >= 4 is 16.9 Å². The van der Waals surface area contributed by atoms with Gasteiger partial charge in [0, 0.05) is 24.4 Å². The Bertz CT molecular complexity index is 1000. The van der Waals surface area contributed by atoms with Gasteiger partial charge in [0.15, 0.2) is 17.0 Å². The van der Waals surface area contributed by atoms with E-state index in [-0.39, 0.29) is 23.7 Å². The number of pyridine rings is 1. The number of amides is 1. The van der Waals surface area contributed by atoms with Gasteiger partial charge in [-0.05, 0) is 31.2 Å². The average molecular weight is 368 g/mol. The van der Waals surface area contributed by atoms with Gasteiger partial charge < -0.3 is 24.9 Å². The Balaban J connectivity index is 1.69. The van der Waals surface area contributed by atoms with Crippen LogP contribution in [0, 0.1) is 5.92 Å². The number of aromatic hydroxyl groups is 1. The highest BCUT2D eigenvalue weighted by atomic mass is 16.5. The van der Waals surface area contributed by atoms with Crippen molar-refractivity contribution in [3.8, 4) is 28.6 Å². The molecule has 1 aliphatic rings. The van der Waals surface area contributed by atoms with Crippen LogP contribution in [-0.2, 0) is 4.79 Å². The number of imidazole rings is 1.